The smallest absolute Gasteiger partial charge is 0.308 e. The number of hydrogen-bond acceptors (Lipinski definition) is 4. The number of carbonyl (C=O) groups is 1. The predicted molar refractivity (Wildman–Crippen MR) is 87.6 cm³/mol. The lowest BCUT2D eigenvalue weighted by atomic mass is 9.97. The monoisotopic (exact) mass is 319 g/mol. The summed E-state index contributed by atoms with van der Waals surface area (Å²) < 4.78 is 18.5. The molecule has 1 aliphatic heterocycles. The Morgan fingerprint density at radius 2 is 2.17 bits per heavy atom. The zero-order valence-electron chi connectivity index (χ0n) is 13.7. The van der Waals surface area contributed by atoms with Gasteiger partial charge in [-0.3, -0.25) is 4.79 Å². The number of esters is 1. The molecule has 0 aliphatic carbocycles. The largest absolute Gasteiger partial charge is 0.466 e. The molecule has 23 heavy (non-hydrogen) atoms. The molecule has 0 fully saturated rings. The van der Waals surface area contributed by atoms with Crippen LogP contribution in [0.15, 0.2) is 35.5 Å². The minimum Gasteiger partial charge on any atom is -0.466 e. The first-order valence-corrected chi connectivity index (χ1v) is 7.87. The fraction of sp³-hybridized carbons (Fsp3) is 0.444. The number of halogens is 1. The average molecular weight is 319 g/mol. The second-order valence-electron chi connectivity index (χ2n) is 5.57. The van der Waals surface area contributed by atoms with Crippen LogP contribution in [0, 0.1) is 5.92 Å². The average Bonchev–Trinajstić information content (AvgIpc) is 3.03. The minimum absolute atomic E-state index is 0.128. The van der Waals surface area contributed by atoms with Crippen LogP contribution in [0.25, 0.3) is 5.83 Å². The van der Waals surface area contributed by atoms with E-state index in [2.05, 4.69) is 5.16 Å². The fourth-order valence-corrected chi connectivity index (χ4v) is 2.49. The van der Waals surface area contributed by atoms with E-state index in [-0.39, 0.29) is 23.8 Å². The number of carbonyl (C=O) groups excluding carboxylic acids is 1. The van der Waals surface area contributed by atoms with Crippen molar-refractivity contribution >= 4 is 17.5 Å². The van der Waals surface area contributed by atoms with Gasteiger partial charge in [0.1, 0.15) is 11.9 Å². The molecule has 0 saturated heterocycles. The molecule has 0 bridgehead atoms. The van der Waals surface area contributed by atoms with Crippen LogP contribution in [0.2, 0.25) is 0 Å². The van der Waals surface area contributed by atoms with Crippen LogP contribution in [0.5, 0.6) is 0 Å². The highest BCUT2D eigenvalue weighted by molar-refractivity contribution is 6.01. The van der Waals surface area contributed by atoms with E-state index in [0.717, 1.165) is 11.3 Å². The summed E-state index contributed by atoms with van der Waals surface area (Å²) in [6, 6.07) is 7.11. The summed E-state index contributed by atoms with van der Waals surface area (Å²) in [5, 5.41) is 4.10. The summed E-state index contributed by atoms with van der Waals surface area (Å²) in [6.07, 6.45) is 2.50. The molecule has 0 N–H and O–H groups in total. The zero-order chi connectivity index (χ0) is 16.8. The number of allylic oxidation sites excluding steroid dienone is 1. The van der Waals surface area contributed by atoms with E-state index in [4.69, 9.17) is 9.57 Å². The summed E-state index contributed by atoms with van der Waals surface area (Å²) in [6.45, 7) is 5.66. The molecule has 124 valence electrons. The molecule has 0 radical (unpaired) electrons. The van der Waals surface area contributed by atoms with E-state index in [9.17, 15) is 9.18 Å². The van der Waals surface area contributed by atoms with E-state index in [1.807, 2.05) is 19.1 Å². The zero-order valence-corrected chi connectivity index (χ0v) is 13.7. The summed E-state index contributed by atoms with van der Waals surface area (Å²) >= 11 is 0. The summed E-state index contributed by atoms with van der Waals surface area (Å²) in [7, 11) is 0. The molecule has 0 amide bonds. The highest BCUT2D eigenvalue weighted by Crippen LogP contribution is 2.24. The van der Waals surface area contributed by atoms with Crippen molar-refractivity contribution in [3.05, 3.63) is 41.5 Å². The third-order valence-corrected chi connectivity index (χ3v) is 3.79. The Kier molecular flexibility index (Phi) is 5.90. The van der Waals surface area contributed by atoms with Crippen molar-refractivity contribution in [2.24, 2.45) is 11.1 Å². The number of ether oxygens (including phenoxy) is 1. The van der Waals surface area contributed by atoms with E-state index >= 15 is 0 Å². The van der Waals surface area contributed by atoms with Crippen molar-refractivity contribution in [1.82, 2.24) is 0 Å². The van der Waals surface area contributed by atoms with Gasteiger partial charge in [0, 0.05) is 18.4 Å². The molecule has 0 saturated carbocycles. The first-order chi connectivity index (χ1) is 11.0. The van der Waals surface area contributed by atoms with Gasteiger partial charge in [-0.05, 0) is 19.4 Å². The Labute approximate surface area is 136 Å². The van der Waals surface area contributed by atoms with Crippen LogP contribution in [0.4, 0.5) is 4.39 Å². The molecule has 1 heterocycles. The molecule has 0 aromatic heterocycles. The molecular formula is C18H22FNO3. The van der Waals surface area contributed by atoms with Gasteiger partial charge >= 0.3 is 5.97 Å². The van der Waals surface area contributed by atoms with Crippen LogP contribution >= 0.6 is 0 Å². The van der Waals surface area contributed by atoms with Crippen molar-refractivity contribution in [1.29, 1.82) is 0 Å². The van der Waals surface area contributed by atoms with Gasteiger partial charge in [0.15, 0.2) is 0 Å². The van der Waals surface area contributed by atoms with Crippen LogP contribution in [0.3, 0.4) is 0 Å². The number of nitrogens with zero attached hydrogens (tertiary/aromatic N) is 1. The van der Waals surface area contributed by atoms with E-state index in [1.54, 1.807) is 26.0 Å². The lowest BCUT2D eigenvalue weighted by molar-refractivity contribution is -0.148. The molecule has 5 heteroatoms. The van der Waals surface area contributed by atoms with Gasteiger partial charge in [0.05, 0.1) is 18.2 Å². The Morgan fingerprint density at radius 1 is 1.48 bits per heavy atom. The minimum atomic E-state index is -0.248. The molecule has 4 nitrogen and oxygen atoms in total. The Balaban J connectivity index is 1.93. The summed E-state index contributed by atoms with van der Waals surface area (Å²) in [5.41, 5.74) is 2.27. The highest BCUT2D eigenvalue weighted by atomic mass is 19.1. The standard InChI is InChI=1S/C18H22FNO3/c1-4-16(19)13-6-8-14(9-7-13)17-11-15(23-20-17)10-12(3)18(21)22-5-2/h4,6-9,12,15H,5,10-11H2,1-3H3. The molecule has 2 rings (SSSR count). The lowest BCUT2D eigenvalue weighted by Gasteiger charge is -2.13. The Bertz CT molecular complexity index is 607. The Morgan fingerprint density at radius 3 is 2.78 bits per heavy atom. The van der Waals surface area contributed by atoms with Gasteiger partial charge in [-0.1, -0.05) is 42.4 Å². The maximum absolute atomic E-state index is 13.5. The van der Waals surface area contributed by atoms with Gasteiger partial charge in [0.25, 0.3) is 0 Å². The lowest BCUT2D eigenvalue weighted by Crippen LogP contribution is -2.21. The van der Waals surface area contributed by atoms with Gasteiger partial charge in [-0.15, -0.1) is 0 Å². The van der Waals surface area contributed by atoms with Crippen LogP contribution in [0.1, 0.15) is 44.7 Å². The van der Waals surface area contributed by atoms with Gasteiger partial charge in [-0.2, -0.15) is 0 Å². The van der Waals surface area contributed by atoms with E-state index in [0.29, 0.717) is 25.0 Å². The predicted octanol–water partition coefficient (Wildman–Crippen LogP) is 4.10. The van der Waals surface area contributed by atoms with Crippen LogP contribution in [-0.2, 0) is 14.4 Å². The van der Waals surface area contributed by atoms with Gasteiger partial charge < -0.3 is 9.57 Å². The fourth-order valence-electron chi connectivity index (χ4n) is 2.49. The Hall–Kier alpha value is -2.17. The molecule has 1 aliphatic rings. The topological polar surface area (TPSA) is 47.9 Å². The maximum Gasteiger partial charge on any atom is 0.308 e. The highest BCUT2D eigenvalue weighted by Gasteiger charge is 2.27. The molecular weight excluding hydrogens is 297 g/mol. The van der Waals surface area contributed by atoms with Crippen molar-refractivity contribution in [2.75, 3.05) is 6.61 Å². The van der Waals surface area contributed by atoms with Crippen molar-refractivity contribution in [3.63, 3.8) is 0 Å². The first kappa shape index (κ1) is 17.2. The SMILES string of the molecule is CC=C(F)c1ccc(C2=NOC(CC(C)C(=O)OCC)C2)cc1. The molecule has 0 spiro atoms. The van der Waals surface area contributed by atoms with Crippen molar-refractivity contribution in [2.45, 2.75) is 39.7 Å². The van der Waals surface area contributed by atoms with Gasteiger partial charge in [-0.25, -0.2) is 4.39 Å². The first-order valence-electron chi connectivity index (χ1n) is 7.87. The number of benzene rings is 1. The number of rotatable bonds is 6. The molecule has 1 aromatic carbocycles. The second kappa shape index (κ2) is 7.90. The van der Waals surface area contributed by atoms with Crippen LogP contribution < -0.4 is 0 Å². The molecule has 2 atom stereocenters. The third kappa shape index (κ3) is 4.41. The second-order valence-corrected chi connectivity index (χ2v) is 5.57. The summed E-state index contributed by atoms with van der Waals surface area (Å²) in [4.78, 5) is 17.1. The van der Waals surface area contributed by atoms with Crippen molar-refractivity contribution < 1.29 is 18.8 Å². The van der Waals surface area contributed by atoms with Crippen molar-refractivity contribution in [3.8, 4) is 0 Å². The third-order valence-electron chi connectivity index (χ3n) is 3.79. The molecule has 2 unspecified atom stereocenters. The molecule has 1 aromatic rings. The maximum atomic E-state index is 13.5. The van der Waals surface area contributed by atoms with Gasteiger partial charge in [0.2, 0.25) is 0 Å². The number of hydrogen-bond donors (Lipinski definition) is 0. The number of oxime groups is 1. The van der Waals surface area contributed by atoms with E-state index in [1.165, 1.54) is 6.08 Å². The summed E-state index contributed by atoms with van der Waals surface area (Å²) in [5.74, 6) is -0.682. The van der Waals surface area contributed by atoms with Crippen LogP contribution in [-0.4, -0.2) is 24.4 Å². The normalized spacial score (nSPS) is 19.0. The van der Waals surface area contributed by atoms with E-state index < -0.39 is 0 Å². The quantitative estimate of drug-likeness (QED) is 0.742.